The molecule has 7 heteroatoms. The molecule has 2 amide bonds. The van der Waals surface area contributed by atoms with Crippen LogP contribution in [0.1, 0.15) is 60.6 Å². The van der Waals surface area contributed by atoms with E-state index in [1.807, 2.05) is 42.2 Å². The Morgan fingerprint density at radius 1 is 1.07 bits per heavy atom. The van der Waals surface area contributed by atoms with Gasteiger partial charge in [-0.15, -0.1) is 0 Å². The van der Waals surface area contributed by atoms with E-state index in [0.29, 0.717) is 11.5 Å². The highest BCUT2D eigenvalue weighted by atomic mass is 16.2. The van der Waals surface area contributed by atoms with E-state index >= 15 is 0 Å². The lowest BCUT2D eigenvalue weighted by Crippen LogP contribution is -2.35. The number of nitrogens with two attached hydrogens (primary N) is 1. The van der Waals surface area contributed by atoms with Gasteiger partial charge < -0.3 is 15.5 Å². The fourth-order valence-electron chi connectivity index (χ4n) is 4.61. The molecule has 30 heavy (non-hydrogen) atoms. The molecular formula is C23H29N5O2. The topological polar surface area (TPSA) is 92.4 Å². The lowest BCUT2D eigenvalue weighted by Gasteiger charge is -2.29. The van der Waals surface area contributed by atoms with Gasteiger partial charge in [-0.3, -0.25) is 9.59 Å². The molecule has 1 aromatic carbocycles. The van der Waals surface area contributed by atoms with Gasteiger partial charge in [-0.1, -0.05) is 25.0 Å². The summed E-state index contributed by atoms with van der Waals surface area (Å²) in [6.07, 6.45) is 7.98. The third-order valence-corrected chi connectivity index (χ3v) is 6.24. The number of benzene rings is 1. The zero-order valence-electron chi connectivity index (χ0n) is 17.7. The number of hydrogen-bond acceptors (Lipinski definition) is 5. The molecule has 4 rings (SSSR count). The van der Waals surface area contributed by atoms with Gasteiger partial charge in [0.1, 0.15) is 0 Å². The van der Waals surface area contributed by atoms with Crippen molar-refractivity contribution in [3.8, 4) is 11.1 Å². The van der Waals surface area contributed by atoms with Crippen molar-refractivity contribution < 1.29 is 9.59 Å². The van der Waals surface area contributed by atoms with E-state index < -0.39 is 5.91 Å². The molecule has 1 aliphatic carbocycles. The highest BCUT2D eigenvalue weighted by molar-refractivity contribution is 5.93. The fourth-order valence-corrected chi connectivity index (χ4v) is 4.61. The van der Waals surface area contributed by atoms with Gasteiger partial charge in [-0.2, -0.15) is 0 Å². The normalized spacial score (nSPS) is 19.3. The number of amides is 2. The Morgan fingerprint density at radius 3 is 2.40 bits per heavy atom. The van der Waals surface area contributed by atoms with Crippen LogP contribution in [0.5, 0.6) is 0 Å². The summed E-state index contributed by atoms with van der Waals surface area (Å²) in [5.41, 5.74) is 8.54. The molecule has 1 aromatic heterocycles. The largest absolute Gasteiger partial charge is 0.366 e. The molecule has 2 heterocycles. The zero-order valence-corrected chi connectivity index (χ0v) is 17.7. The average molecular weight is 408 g/mol. The van der Waals surface area contributed by atoms with E-state index in [2.05, 4.69) is 4.98 Å². The summed E-state index contributed by atoms with van der Waals surface area (Å²) < 4.78 is 0. The van der Waals surface area contributed by atoms with E-state index in [9.17, 15) is 9.59 Å². The first kappa shape index (κ1) is 20.3. The van der Waals surface area contributed by atoms with Crippen molar-refractivity contribution in [3.05, 3.63) is 41.7 Å². The van der Waals surface area contributed by atoms with Gasteiger partial charge in [0.15, 0.2) is 0 Å². The highest BCUT2D eigenvalue weighted by Gasteiger charge is 2.37. The van der Waals surface area contributed by atoms with Crippen LogP contribution in [0.3, 0.4) is 0 Å². The molecule has 158 valence electrons. The number of rotatable bonds is 5. The molecular weight excluding hydrogens is 378 g/mol. The maximum Gasteiger partial charge on any atom is 0.248 e. The smallest absolute Gasteiger partial charge is 0.248 e. The predicted octanol–water partition coefficient (Wildman–Crippen LogP) is 3.16. The highest BCUT2D eigenvalue weighted by Crippen LogP contribution is 2.39. The van der Waals surface area contributed by atoms with Crippen LogP contribution in [0.25, 0.3) is 11.1 Å². The molecule has 2 aromatic rings. The third-order valence-electron chi connectivity index (χ3n) is 6.24. The molecule has 0 radical (unpaired) electrons. The van der Waals surface area contributed by atoms with Gasteiger partial charge in [0.05, 0.1) is 11.7 Å². The summed E-state index contributed by atoms with van der Waals surface area (Å²) in [5, 5.41) is 0. The Morgan fingerprint density at radius 2 is 1.77 bits per heavy atom. The van der Waals surface area contributed by atoms with Crippen molar-refractivity contribution >= 4 is 17.8 Å². The molecule has 0 unspecified atom stereocenters. The van der Waals surface area contributed by atoms with Crippen molar-refractivity contribution in [1.82, 2.24) is 14.9 Å². The van der Waals surface area contributed by atoms with Crippen LogP contribution >= 0.6 is 0 Å². The monoisotopic (exact) mass is 407 g/mol. The molecule has 1 aliphatic heterocycles. The third kappa shape index (κ3) is 3.88. The van der Waals surface area contributed by atoms with Gasteiger partial charge >= 0.3 is 0 Å². The molecule has 2 N–H and O–H groups in total. The van der Waals surface area contributed by atoms with Crippen LogP contribution in [-0.4, -0.2) is 47.3 Å². The molecule has 0 spiro atoms. The number of hydrogen-bond donors (Lipinski definition) is 1. The molecule has 2 fully saturated rings. The second kappa shape index (κ2) is 8.42. The summed E-state index contributed by atoms with van der Waals surface area (Å²) >= 11 is 0. The summed E-state index contributed by atoms with van der Waals surface area (Å²) in [5.74, 6) is 0.599. The van der Waals surface area contributed by atoms with Crippen molar-refractivity contribution in [2.45, 2.75) is 44.6 Å². The lowest BCUT2D eigenvalue weighted by molar-refractivity contribution is -0.136. The first-order valence-corrected chi connectivity index (χ1v) is 10.7. The number of likely N-dealkylation sites (tertiary alicyclic amines) is 1. The minimum Gasteiger partial charge on any atom is -0.366 e. The number of primary amides is 1. The Kier molecular flexibility index (Phi) is 5.70. The summed E-state index contributed by atoms with van der Waals surface area (Å²) in [6, 6.07) is 7.13. The number of nitrogens with zero attached hydrogens (tertiary/aromatic N) is 4. The van der Waals surface area contributed by atoms with Crippen LogP contribution < -0.4 is 10.6 Å². The summed E-state index contributed by atoms with van der Waals surface area (Å²) in [6.45, 7) is 0.779. The predicted molar refractivity (Wildman–Crippen MR) is 116 cm³/mol. The van der Waals surface area contributed by atoms with Crippen molar-refractivity contribution in [1.29, 1.82) is 0 Å². The van der Waals surface area contributed by atoms with Crippen molar-refractivity contribution in [2.75, 3.05) is 25.5 Å². The number of carbonyl (C=O) groups is 2. The molecule has 1 saturated carbocycles. The van der Waals surface area contributed by atoms with Crippen LogP contribution in [0.4, 0.5) is 5.95 Å². The maximum atomic E-state index is 13.2. The van der Waals surface area contributed by atoms with Gasteiger partial charge in [0.2, 0.25) is 17.8 Å². The van der Waals surface area contributed by atoms with Crippen LogP contribution in [0, 0.1) is 5.92 Å². The summed E-state index contributed by atoms with van der Waals surface area (Å²) in [4.78, 5) is 38.0. The SMILES string of the molecule is CN(C)c1ncc(-c2ccc(C(N)=O)cc2)c([C@@H]2CCCN2C(=O)C2CCCC2)n1. The minimum absolute atomic E-state index is 0.0504. The van der Waals surface area contributed by atoms with E-state index in [1.54, 1.807) is 12.1 Å². The first-order valence-electron chi connectivity index (χ1n) is 10.7. The minimum atomic E-state index is -0.454. The number of aromatic nitrogens is 2. The Balaban J connectivity index is 1.73. The molecule has 0 bridgehead atoms. The Hall–Kier alpha value is -2.96. The standard InChI is InChI=1S/C23H29N5O2/c1-27(2)23-25-14-18(15-9-11-16(12-10-15)21(24)29)20(26-23)19-8-5-13-28(19)22(30)17-6-3-4-7-17/h9-12,14,17,19H,3-8,13H2,1-2H3,(H2,24,29)/t19-/m0/s1. The van der Waals surface area contributed by atoms with Gasteiger partial charge in [-0.05, 0) is 43.4 Å². The van der Waals surface area contributed by atoms with E-state index in [4.69, 9.17) is 10.7 Å². The van der Waals surface area contributed by atoms with E-state index in [0.717, 1.165) is 61.9 Å². The van der Waals surface area contributed by atoms with E-state index in [-0.39, 0.29) is 17.9 Å². The van der Waals surface area contributed by atoms with Gasteiger partial charge in [0, 0.05) is 43.9 Å². The van der Waals surface area contributed by atoms with Crippen LogP contribution in [0.2, 0.25) is 0 Å². The average Bonchev–Trinajstić information content (AvgIpc) is 3.45. The molecule has 2 aliphatic rings. The van der Waals surface area contributed by atoms with E-state index in [1.165, 1.54) is 0 Å². The van der Waals surface area contributed by atoms with Crippen molar-refractivity contribution in [2.24, 2.45) is 11.7 Å². The molecule has 1 saturated heterocycles. The first-order chi connectivity index (χ1) is 14.5. The number of carbonyl (C=O) groups excluding carboxylic acids is 2. The Bertz CT molecular complexity index is 935. The number of anilines is 1. The van der Waals surface area contributed by atoms with Crippen LogP contribution in [0.15, 0.2) is 30.5 Å². The quantitative estimate of drug-likeness (QED) is 0.822. The molecule has 1 atom stereocenters. The summed E-state index contributed by atoms with van der Waals surface area (Å²) in [7, 11) is 3.83. The second-order valence-electron chi connectivity index (χ2n) is 8.48. The second-order valence-corrected chi connectivity index (χ2v) is 8.48. The van der Waals surface area contributed by atoms with Crippen LogP contribution in [-0.2, 0) is 4.79 Å². The van der Waals surface area contributed by atoms with Gasteiger partial charge in [-0.25, -0.2) is 9.97 Å². The van der Waals surface area contributed by atoms with Crippen molar-refractivity contribution in [3.63, 3.8) is 0 Å². The van der Waals surface area contributed by atoms with Gasteiger partial charge in [0.25, 0.3) is 0 Å². The molecule has 7 nitrogen and oxygen atoms in total. The Labute approximate surface area is 177 Å². The lowest BCUT2D eigenvalue weighted by atomic mass is 9.98. The maximum absolute atomic E-state index is 13.2. The fraction of sp³-hybridized carbons (Fsp3) is 0.478. The zero-order chi connectivity index (χ0) is 21.3.